The Kier molecular flexibility index (Phi) is 5.23. The average molecular weight is 360 g/mol. The summed E-state index contributed by atoms with van der Waals surface area (Å²) in [4.78, 5) is 0. The van der Waals surface area contributed by atoms with E-state index in [0.717, 1.165) is 11.1 Å². The van der Waals surface area contributed by atoms with Gasteiger partial charge in [0, 0.05) is 10.8 Å². The first-order chi connectivity index (χ1) is 12.1. The zero-order valence-electron chi connectivity index (χ0n) is 14.0. The maximum atomic E-state index is 13.0. The number of hydrogen-bond acceptors (Lipinski definition) is 6. The van der Waals surface area contributed by atoms with Gasteiger partial charge in [-0.3, -0.25) is 0 Å². The molecule has 0 aliphatic rings. The molecule has 1 aromatic heterocycles. The van der Waals surface area contributed by atoms with Crippen molar-refractivity contribution in [2.24, 2.45) is 0 Å². The molecule has 25 heavy (non-hydrogen) atoms. The van der Waals surface area contributed by atoms with Crippen molar-refractivity contribution in [2.45, 2.75) is 17.4 Å². The lowest BCUT2D eigenvalue weighted by Crippen LogP contribution is -1.90. The van der Waals surface area contributed by atoms with Gasteiger partial charge in [0.05, 0.1) is 14.2 Å². The van der Waals surface area contributed by atoms with Crippen molar-refractivity contribution in [2.75, 3.05) is 14.2 Å². The van der Waals surface area contributed by atoms with Crippen LogP contribution in [0, 0.1) is 5.82 Å². The fourth-order valence-corrected chi connectivity index (χ4v) is 3.11. The third-order valence-corrected chi connectivity index (χ3v) is 4.65. The molecule has 7 heteroatoms. The van der Waals surface area contributed by atoms with Crippen LogP contribution in [0.2, 0.25) is 0 Å². The molecule has 3 rings (SSSR count). The lowest BCUT2D eigenvalue weighted by Gasteiger charge is -2.08. The van der Waals surface area contributed by atoms with E-state index in [1.165, 1.54) is 23.9 Å². The fraction of sp³-hybridized carbons (Fsp3) is 0.222. The van der Waals surface area contributed by atoms with Crippen molar-refractivity contribution < 1.29 is 18.3 Å². The second kappa shape index (κ2) is 7.57. The number of hydrogen-bond donors (Lipinski definition) is 0. The summed E-state index contributed by atoms with van der Waals surface area (Å²) in [7, 11) is 3.15. The molecular weight excluding hydrogens is 343 g/mol. The topological polar surface area (TPSA) is 57.4 Å². The summed E-state index contributed by atoms with van der Waals surface area (Å²) in [6, 6.07) is 11.8. The van der Waals surface area contributed by atoms with Crippen molar-refractivity contribution in [3.05, 3.63) is 53.8 Å². The lowest BCUT2D eigenvalue weighted by atomic mass is 10.2. The number of benzene rings is 2. The number of nitrogens with zero attached hydrogens (tertiary/aromatic N) is 2. The highest BCUT2D eigenvalue weighted by atomic mass is 32.2. The molecule has 3 aromatic rings. The van der Waals surface area contributed by atoms with E-state index < -0.39 is 0 Å². The predicted molar refractivity (Wildman–Crippen MR) is 93.5 cm³/mol. The Morgan fingerprint density at radius 2 is 1.72 bits per heavy atom. The summed E-state index contributed by atoms with van der Waals surface area (Å²) < 4.78 is 29.3. The van der Waals surface area contributed by atoms with Gasteiger partial charge in [0.15, 0.2) is 11.5 Å². The van der Waals surface area contributed by atoms with Crippen LogP contribution in [0.1, 0.15) is 17.7 Å². The summed E-state index contributed by atoms with van der Waals surface area (Å²) in [5, 5.41) is 8.66. The molecule has 0 fully saturated rings. The molecule has 0 bridgehead atoms. The van der Waals surface area contributed by atoms with E-state index in [0.29, 0.717) is 22.6 Å². The van der Waals surface area contributed by atoms with Gasteiger partial charge in [-0.25, -0.2) is 4.39 Å². The maximum Gasteiger partial charge on any atom is 0.277 e. The normalized spacial score (nSPS) is 12.0. The third kappa shape index (κ3) is 3.93. The molecule has 0 aliphatic carbocycles. The molecule has 2 aromatic carbocycles. The summed E-state index contributed by atoms with van der Waals surface area (Å²) in [5.41, 5.74) is 1.73. The fourth-order valence-electron chi connectivity index (χ4n) is 2.30. The highest BCUT2D eigenvalue weighted by molar-refractivity contribution is 7.99. The van der Waals surface area contributed by atoms with Gasteiger partial charge in [0.2, 0.25) is 5.89 Å². The first-order valence-electron chi connectivity index (χ1n) is 7.58. The zero-order chi connectivity index (χ0) is 17.8. The summed E-state index contributed by atoms with van der Waals surface area (Å²) >= 11 is 1.42. The van der Waals surface area contributed by atoms with Crippen LogP contribution in [0.25, 0.3) is 11.5 Å². The van der Waals surface area contributed by atoms with Crippen LogP contribution in [-0.2, 0) is 0 Å². The van der Waals surface area contributed by atoms with Gasteiger partial charge in [0.25, 0.3) is 5.22 Å². The highest BCUT2D eigenvalue weighted by Crippen LogP contribution is 2.36. The largest absolute Gasteiger partial charge is 0.493 e. The molecule has 5 nitrogen and oxygen atoms in total. The van der Waals surface area contributed by atoms with Crippen molar-refractivity contribution in [1.82, 2.24) is 10.2 Å². The molecule has 1 unspecified atom stereocenters. The summed E-state index contributed by atoms with van der Waals surface area (Å²) in [6.45, 7) is 2.00. The van der Waals surface area contributed by atoms with E-state index in [1.807, 2.05) is 13.0 Å². The Bertz CT molecular complexity index is 852. The van der Waals surface area contributed by atoms with Gasteiger partial charge in [-0.1, -0.05) is 23.9 Å². The molecular formula is C18H17FN2O3S. The summed E-state index contributed by atoms with van der Waals surface area (Å²) in [5.74, 6) is 1.36. The van der Waals surface area contributed by atoms with Crippen LogP contribution in [0.15, 0.2) is 52.1 Å². The Hall–Kier alpha value is -2.54. The molecule has 130 valence electrons. The van der Waals surface area contributed by atoms with Gasteiger partial charge in [0.1, 0.15) is 5.82 Å². The number of methoxy groups -OCH3 is 2. The summed E-state index contributed by atoms with van der Waals surface area (Å²) in [6.07, 6.45) is 0. The van der Waals surface area contributed by atoms with E-state index in [1.54, 1.807) is 38.5 Å². The van der Waals surface area contributed by atoms with Crippen molar-refractivity contribution >= 4 is 11.8 Å². The Morgan fingerprint density at radius 3 is 2.40 bits per heavy atom. The number of aromatic nitrogens is 2. The second-order valence-electron chi connectivity index (χ2n) is 5.25. The highest BCUT2D eigenvalue weighted by Gasteiger charge is 2.15. The molecule has 1 atom stereocenters. The quantitative estimate of drug-likeness (QED) is 0.592. The average Bonchev–Trinajstić information content (AvgIpc) is 3.10. The predicted octanol–water partition coefficient (Wildman–Crippen LogP) is 4.75. The monoisotopic (exact) mass is 360 g/mol. The van der Waals surface area contributed by atoms with Crippen molar-refractivity contribution in [1.29, 1.82) is 0 Å². The van der Waals surface area contributed by atoms with E-state index in [4.69, 9.17) is 13.9 Å². The molecule has 0 radical (unpaired) electrons. The van der Waals surface area contributed by atoms with Crippen LogP contribution in [0.4, 0.5) is 4.39 Å². The van der Waals surface area contributed by atoms with E-state index >= 15 is 0 Å². The van der Waals surface area contributed by atoms with Gasteiger partial charge in [-0.05, 0) is 42.8 Å². The van der Waals surface area contributed by atoms with Crippen LogP contribution >= 0.6 is 11.8 Å². The van der Waals surface area contributed by atoms with Crippen molar-refractivity contribution in [3.8, 4) is 23.0 Å². The maximum absolute atomic E-state index is 13.0. The van der Waals surface area contributed by atoms with Crippen molar-refractivity contribution in [3.63, 3.8) is 0 Å². The van der Waals surface area contributed by atoms with Gasteiger partial charge < -0.3 is 13.9 Å². The minimum atomic E-state index is -0.255. The Morgan fingerprint density at radius 1 is 1.00 bits per heavy atom. The molecule has 0 saturated carbocycles. The molecule has 0 amide bonds. The van der Waals surface area contributed by atoms with Crippen LogP contribution < -0.4 is 9.47 Å². The zero-order valence-corrected chi connectivity index (χ0v) is 14.8. The Balaban J connectivity index is 1.77. The van der Waals surface area contributed by atoms with Gasteiger partial charge in [-0.15, -0.1) is 10.2 Å². The number of ether oxygens (including phenoxy) is 2. The smallest absolute Gasteiger partial charge is 0.277 e. The van der Waals surface area contributed by atoms with E-state index in [-0.39, 0.29) is 11.1 Å². The number of halogens is 1. The molecule has 0 N–H and O–H groups in total. The molecule has 1 heterocycles. The van der Waals surface area contributed by atoms with E-state index in [2.05, 4.69) is 10.2 Å². The first-order valence-corrected chi connectivity index (χ1v) is 8.46. The van der Waals surface area contributed by atoms with Crippen LogP contribution in [0.5, 0.6) is 11.5 Å². The van der Waals surface area contributed by atoms with Gasteiger partial charge in [-0.2, -0.15) is 0 Å². The molecule has 0 aliphatic heterocycles. The molecule has 0 saturated heterocycles. The third-order valence-electron chi connectivity index (χ3n) is 3.65. The van der Waals surface area contributed by atoms with Crippen LogP contribution in [-0.4, -0.2) is 24.4 Å². The van der Waals surface area contributed by atoms with E-state index in [9.17, 15) is 4.39 Å². The number of rotatable bonds is 6. The Labute approximate surface area is 149 Å². The van der Waals surface area contributed by atoms with Crippen LogP contribution in [0.3, 0.4) is 0 Å². The lowest BCUT2D eigenvalue weighted by molar-refractivity contribution is 0.355. The molecule has 0 spiro atoms. The second-order valence-corrected chi connectivity index (χ2v) is 6.55. The van der Waals surface area contributed by atoms with Gasteiger partial charge >= 0.3 is 0 Å². The standard InChI is InChI=1S/C18H17FN2O3S/c1-11(12-4-7-14(19)8-5-12)25-18-21-20-17(24-18)13-6-9-15(22-2)16(10-13)23-3/h4-11H,1-3H3. The minimum Gasteiger partial charge on any atom is -0.493 e. The minimum absolute atomic E-state index is 0.0549. The SMILES string of the molecule is COc1ccc(-c2nnc(SC(C)c3ccc(F)cc3)o2)cc1OC. The number of thioether (sulfide) groups is 1. The first kappa shape index (κ1) is 17.3.